The van der Waals surface area contributed by atoms with Crippen molar-refractivity contribution >= 4 is 27.7 Å². The summed E-state index contributed by atoms with van der Waals surface area (Å²) in [5.41, 5.74) is 2.14. The number of rotatable bonds is 8. The zero-order valence-corrected chi connectivity index (χ0v) is 17.5. The van der Waals surface area contributed by atoms with Gasteiger partial charge >= 0.3 is 0 Å². The summed E-state index contributed by atoms with van der Waals surface area (Å²) >= 11 is 3.43. The molecule has 0 saturated heterocycles. The Balaban J connectivity index is 2.10. The number of ether oxygens (including phenoxy) is 1. The highest BCUT2D eigenvalue weighted by atomic mass is 79.9. The highest BCUT2D eigenvalue weighted by Crippen LogP contribution is 2.16. The second kappa shape index (κ2) is 10.1. The molecule has 2 aromatic carbocycles. The van der Waals surface area contributed by atoms with E-state index in [0.717, 1.165) is 16.5 Å². The van der Waals surface area contributed by atoms with E-state index in [-0.39, 0.29) is 18.4 Å². The van der Waals surface area contributed by atoms with Crippen LogP contribution in [0.25, 0.3) is 0 Å². The van der Waals surface area contributed by atoms with Crippen LogP contribution in [-0.4, -0.2) is 36.4 Å². The number of carbonyl (C=O) groups is 2. The number of likely N-dealkylation sites (N-methyl/N-ethyl adjacent to an activating group) is 1. The molecule has 0 radical (unpaired) electrons. The van der Waals surface area contributed by atoms with Gasteiger partial charge < -0.3 is 15.0 Å². The number of benzene rings is 2. The third-order valence-corrected chi connectivity index (χ3v) is 4.84. The molecule has 2 aromatic rings. The van der Waals surface area contributed by atoms with E-state index in [0.29, 0.717) is 12.3 Å². The van der Waals surface area contributed by atoms with Crippen molar-refractivity contribution in [2.24, 2.45) is 0 Å². The Hall–Kier alpha value is -2.34. The average molecular weight is 433 g/mol. The van der Waals surface area contributed by atoms with Crippen LogP contribution < -0.4 is 10.1 Å². The van der Waals surface area contributed by atoms with Crippen molar-refractivity contribution in [2.45, 2.75) is 32.9 Å². The Kier molecular flexibility index (Phi) is 7.85. The monoisotopic (exact) mass is 432 g/mol. The summed E-state index contributed by atoms with van der Waals surface area (Å²) in [4.78, 5) is 26.4. The van der Waals surface area contributed by atoms with Crippen molar-refractivity contribution in [3.8, 4) is 5.75 Å². The maximum absolute atomic E-state index is 12.8. The minimum absolute atomic E-state index is 0.124. The van der Waals surface area contributed by atoms with Crippen molar-refractivity contribution in [3.05, 3.63) is 64.1 Å². The van der Waals surface area contributed by atoms with Gasteiger partial charge in [0.05, 0.1) is 0 Å². The molecule has 144 valence electrons. The summed E-state index contributed by atoms with van der Waals surface area (Å²) in [6.07, 6.45) is 0.948. The molecule has 2 rings (SSSR count). The molecule has 5 nitrogen and oxygen atoms in total. The molecule has 0 saturated carbocycles. The van der Waals surface area contributed by atoms with Gasteiger partial charge in [0.25, 0.3) is 5.91 Å². The molecule has 0 spiro atoms. The van der Waals surface area contributed by atoms with E-state index in [2.05, 4.69) is 28.2 Å². The van der Waals surface area contributed by atoms with Crippen molar-refractivity contribution in [2.75, 3.05) is 13.7 Å². The molecule has 2 amide bonds. The van der Waals surface area contributed by atoms with E-state index in [1.807, 2.05) is 48.5 Å². The molecular formula is C21H25BrN2O3. The smallest absolute Gasteiger partial charge is 0.261 e. The second-order valence-electron chi connectivity index (χ2n) is 6.23. The molecule has 0 aromatic heterocycles. The van der Waals surface area contributed by atoms with Crippen molar-refractivity contribution in [1.29, 1.82) is 0 Å². The Morgan fingerprint density at radius 2 is 1.85 bits per heavy atom. The van der Waals surface area contributed by atoms with E-state index in [9.17, 15) is 9.59 Å². The lowest BCUT2D eigenvalue weighted by atomic mass is 10.1. The van der Waals surface area contributed by atoms with Gasteiger partial charge in [0.1, 0.15) is 11.8 Å². The lowest BCUT2D eigenvalue weighted by Crippen LogP contribution is -2.48. The average Bonchev–Trinajstić information content (AvgIpc) is 2.69. The lowest BCUT2D eigenvalue weighted by Gasteiger charge is -2.28. The highest BCUT2D eigenvalue weighted by molar-refractivity contribution is 9.10. The van der Waals surface area contributed by atoms with Crippen LogP contribution >= 0.6 is 15.9 Å². The summed E-state index contributed by atoms with van der Waals surface area (Å²) in [5.74, 6) is 0.173. The van der Waals surface area contributed by atoms with Gasteiger partial charge in [-0.1, -0.05) is 47.1 Å². The third kappa shape index (κ3) is 6.10. The highest BCUT2D eigenvalue weighted by Gasteiger charge is 2.25. The molecular weight excluding hydrogens is 408 g/mol. The van der Waals surface area contributed by atoms with Gasteiger partial charge in [0.15, 0.2) is 6.61 Å². The van der Waals surface area contributed by atoms with Crippen LogP contribution in [0.2, 0.25) is 0 Å². The van der Waals surface area contributed by atoms with Gasteiger partial charge in [-0.2, -0.15) is 0 Å². The Morgan fingerprint density at radius 1 is 1.15 bits per heavy atom. The van der Waals surface area contributed by atoms with Crippen LogP contribution in [0.4, 0.5) is 0 Å². The Morgan fingerprint density at radius 3 is 2.44 bits per heavy atom. The topological polar surface area (TPSA) is 58.6 Å². The standard InChI is InChI=1S/C21H25BrN2O3/c1-4-16-8-10-19(11-9-16)27-14-20(25)24(15(2)21(26)23-3)13-17-6-5-7-18(22)12-17/h5-12,15H,4,13-14H2,1-3H3,(H,23,26)/t15-/m1/s1. The van der Waals surface area contributed by atoms with Gasteiger partial charge in [0, 0.05) is 18.1 Å². The normalized spacial score (nSPS) is 11.6. The maximum atomic E-state index is 12.8. The molecule has 0 aliphatic carbocycles. The van der Waals surface area contributed by atoms with Crippen LogP contribution in [0, 0.1) is 0 Å². The van der Waals surface area contributed by atoms with Crippen LogP contribution in [0.3, 0.4) is 0 Å². The molecule has 6 heteroatoms. The lowest BCUT2D eigenvalue weighted by molar-refractivity contribution is -0.142. The molecule has 27 heavy (non-hydrogen) atoms. The van der Waals surface area contributed by atoms with Gasteiger partial charge in [-0.25, -0.2) is 0 Å². The molecule has 0 unspecified atom stereocenters. The van der Waals surface area contributed by atoms with Gasteiger partial charge in [0.2, 0.25) is 5.91 Å². The van der Waals surface area contributed by atoms with E-state index in [1.54, 1.807) is 14.0 Å². The number of aryl methyl sites for hydroxylation is 1. The third-order valence-electron chi connectivity index (χ3n) is 4.35. The van der Waals surface area contributed by atoms with Crippen molar-refractivity contribution in [1.82, 2.24) is 10.2 Å². The number of carbonyl (C=O) groups excluding carboxylic acids is 2. The predicted octanol–water partition coefficient (Wildman–Crippen LogP) is 3.55. The number of halogens is 1. The number of hydrogen-bond donors (Lipinski definition) is 1. The van der Waals surface area contributed by atoms with Gasteiger partial charge in [-0.3, -0.25) is 9.59 Å². The SMILES string of the molecule is CCc1ccc(OCC(=O)N(Cc2cccc(Br)c2)[C@H](C)C(=O)NC)cc1. The molecule has 0 heterocycles. The molecule has 1 N–H and O–H groups in total. The summed E-state index contributed by atoms with van der Waals surface area (Å²) in [6.45, 7) is 4.00. The first-order chi connectivity index (χ1) is 12.9. The number of nitrogens with one attached hydrogen (secondary N) is 1. The van der Waals surface area contributed by atoms with E-state index >= 15 is 0 Å². The first-order valence-corrected chi connectivity index (χ1v) is 9.71. The quantitative estimate of drug-likeness (QED) is 0.693. The van der Waals surface area contributed by atoms with Gasteiger partial charge in [-0.15, -0.1) is 0 Å². The second-order valence-corrected chi connectivity index (χ2v) is 7.14. The van der Waals surface area contributed by atoms with Crippen LogP contribution in [0.5, 0.6) is 5.75 Å². The fraction of sp³-hybridized carbons (Fsp3) is 0.333. The van der Waals surface area contributed by atoms with E-state index in [4.69, 9.17) is 4.74 Å². The number of amides is 2. The maximum Gasteiger partial charge on any atom is 0.261 e. The van der Waals surface area contributed by atoms with Gasteiger partial charge in [-0.05, 0) is 48.7 Å². The van der Waals surface area contributed by atoms with Crippen LogP contribution in [0.1, 0.15) is 25.0 Å². The van der Waals surface area contributed by atoms with E-state index < -0.39 is 6.04 Å². The van der Waals surface area contributed by atoms with E-state index in [1.165, 1.54) is 10.5 Å². The fourth-order valence-electron chi connectivity index (χ4n) is 2.67. The summed E-state index contributed by atoms with van der Waals surface area (Å²) in [6, 6.07) is 14.7. The summed E-state index contributed by atoms with van der Waals surface area (Å²) < 4.78 is 6.56. The first-order valence-electron chi connectivity index (χ1n) is 8.91. The first kappa shape index (κ1) is 21.0. The Bertz CT molecular complexity index is 777. The predicted molar refractivity (Wildman–Crippen MR) is 110 cm³/mol. The molecule has 0 fully saturated rings. The fourth-order valence-corrected chi connectivity index (χ4v) is 3.12. The van der Waals surface area contributed by atoms with Crippen molar-refractivity contribution < 1.29 is 14.3 Å². The summed E-state index contributed by atoms with van der Waals surface area (Å²) in [7, 11) is 1.56. The van der Waals surface area contributed by atoms with Crippen LogP contribution in [-0.2, 0) is 22.6 Å². The number of hydrogen-bond acceptors (Lipinski definition) is 3. The zero-order chi connectivity index (χ0) is 19.8. The number of nitrogens with zero attached hydrogens (tertiary/aromatic N) is 1. The van der Waals surface area contributed by atoms with Crippen molar-refractivity contribution in [3.63, 3.8) is 0 Å². The largest absolute Gasteiger partial charge is 0.484 e. The molecule has 0 aliphatic heterocycles. The zero-order valence-electron chi connectivity index (χ0n) is 15.9. The minimum atomic E-state index is -0.604. The molecule has 0 bridgehead atoms. The summed E-state index contributed by atoms with van der Waals surface area (Å²) in [5, 5.41) is 2.60. The Labute approximate surface area is 168 Å². The molecule has 1 atom stereocenters. The minimum Gasteiger partial charge on any atom is -0.484 e. The van der Waals surface area contributed by atoms with Crippen LogP contribution in [0.15, 0.2) is 53.0 Å². The molecule has 0 aliphatic rings.